The van der Waals surface area contributed by atoms with Gasteiger partial charge in [-0.15, -0.1) is 6.58 Å². The molecule has 3 heteroatoms. The zero-order valence-corrected chi connectivity index (χ0v) is 9.19. The van der Waals surface area contributed by atoms with Gasteiger partial charge in [-0.05, 0) is 12.5 Å². The Balaban J connectivity index is 3.10. The van der Waals surface area contributed by atoms with E-state index in [-0.39, 0.29) is 6.04 Å². The van der Waals surface area contributed by atoms with E-state index in [1.807, 2.05) is 18.2 Å². The summed E-state index contributed by atoms with van der Waals surface area (Å²) < 4.78 is 10.5. The highest BCUT2D eigenvalue weighted by Gasteiger charge is 2.14. The Bertz CT molecular complexity index is 336. The molecular formula is C12H17NO2. The van der Waals surface area contributed by atoms with Crippen LogP contribution in [0, 0.1) is 0 Å². The highest BCUT2D eigenvalue weighted by Crippen LogP contribution is 2.34. The molecule has 0 amide bonds. The fourth-order valence-electron chi connectivity index (χ4n) is 1.51. The van der Waals surface area contributed by atoms with Gasteiger partial charge >= 0.3 is 0 Å². The van der Waals surface area contributed by atoms with Crippen molar-refractivity contribution in [3.8, 4) is 11.5 Å². The van der Waals surface area contributed by atoms with E-state index in [1.165, 1.54) is 0 Å². The highest BCUT2D eigenvalue weighted by atomic mass is 16.5. The summed E-state index contributed by atoms with van der Waals surface area (Å²) in [6.07, 6.45) is 2.51. The molecule has 0 radical (unpaired) electrons. The number of nitrogens with two attached hydrogens (primary N) is 1. The van der Waals surface area contributed by atoms with E-state index in [1.54, 1.807) is 20.3 Å². The molecule has 82 valence electrons. The summed E-state index contributed by atoms with van der Waals surface area (Å²) >= 11 is 0. The fourth-order valence-corrected chi connectivity index (χ4v) is 1.51. The second kappa shape index (κ2) is 5.41. The van der Waals surface area contributed by atoms with Gasteiger partial charge in [0.1, 0.15) is 0 Å². The maximum atomic E-state index is 6.00. The summed E-state index contributed by atoms with van der Waals surface area (Å²) in [5.74, 6) is 1.41. The summed E-state index contributed by atoms with van der Waals surface area (Å²) in [6.45, 7) is 3.67. The van der Waals surface area contributed by atoms with Crippen LogP contribution in [0.1, 0.15) is 18.0 Å². The number of ether oxygens (including phenoxy) is 2. The molecule has 0 aliphatic rings. The van der Waals surface area contributed by atoms with Crippen molar-refractivity contribution in [3.05, 3.63) is 36.4 Å². The lowest BCUT2D eigenvalue weighted by atomic mass is 10.0. The Morgan fingerprint density at radius 2 is 2.13 bits per heavy atom. The summed E-state index contributed by atoms with van der Waals surface area (Å²) in [7, 11) is 3.22. The Kier molecular flexibility index (Phi) is 4.18. The minimum atomic E-state index is -0.104. The molecule has 15 heavy (non-hydrogen) atoms. The molecule has 0 fully saturated rings. The van der Waals surface area contributed by atoms with Gasteiger partial charge in [0.2, 0.25) is 0 Å². The lowest BCUT2D eigenvalue weighted by molar-refractivity contribution is 0.349. The van der Waals surface area contributed by atoms with E-state index in [4.69, 9.17) is 15.2 Å². The molecule has 0 aliphatic heterocycles. The monoisotopic (exact) mass is 207 g/mol. The van der Waals surface area contributed by atoms with Gasteiger partial charge in [-0.25, -0.2) is 0 Å². The molecule has 0 aliphatic carbocycles. The van der Waals surface area contributed by atoms with E-state index >= 15 is 0 Å². The topological polar surface area (TPSA) is 44.5 Å². The maximum absolute atomic E-state index is 6.00. The van der Waals surface area contributed by atoms with Crippen molar-refractivity contribution in [3.63, 3.8) is 0 Å². The molecule has 2 N–H and O–H groups in total. The van der Waals surface area contributed by atoms with Gasteiger partial charge in [-0.3, -0.25) is 0 Å². The molecule has 1 aromatic carbocycles. The van der Waals surface area contributed by atoms with E-state index in [2.05, 4.69) is 6.58 Å². The second-order valence-electron chi connectivity index (χ2n) is 3.21. The molecule has 1 atom stereocenters. The number of para-hydroxylation sites is 1. The third-order valence-electron chi connectivity index (χ3n) is 2.25. The molecule has 0 aromatic heterocycles. The smallest absolute Gasteiger partial charge is 0.165 e. The van der Waals surface area contributed by atoms with Gasteiger partial charge in [0, 0.05) is 11.6 Å². The number of hydrogen-bond acceptors (Lipinski definition) is 3. The summed E-state index contributed by atoms with van der Waals surface area (Å²) in [6, 6.07) is 5.59. The Labute approximate surface area is 90.5 Å². The number of benzene rings is 1. The van der Waals surface area contributed by atoms with Crippen LogP contribution in [0.3, 0.4) is 0 Å². The van der Waals surface area contributed by atoms with Crippen LogP contribution in [0.5, 0.6) is 11.5 Å². The van der Waals surface area contributed by atoms with Crippen molar-refractivity contribution in [2.45, 2.75) is 12.5 Å². The Morgan fingerprint density at radius 3 is 2.67 bits per heavy atom. The van der Waals surface area contributed by atoms with Crippen molar-refractivity contribution in [1.29, 1.82) is 0 Å². The molecule has 0 saturated carbocycles. The molecule has 0 saturated heterocycles. The van der Waals surface area contributed by atoms with Crippen molar-refractivity contribution in [1.82, 2.24) is 0 Å². The fraction of sp³-hybridized carbons (Fsp3) is 0.333. The van der Waals surface area contributed by atoms with Crippen molar-refractivity contribution < 1.29 is 9.47 Å². The predicted molar refractivity (Wildman–Crippen MR) is 61.3 cm³/mol. The van der Waals surface area contributed by atoms with Crippen LogP contribution in [-0.2, 0) is 0 Å². The minimum Gasteiger partial charge on any atom is -0.493 e. The lowest BCUT2D eigenvalue weighted by Gasteiger charge is -2.16. The van der Waals surface area contributed by atoms with Gasteiger partial charge < -0.3 is 15.2 Å². The Morgan fingerprint density at radius 1 is 1.40 bits per heavy atom. The average molecular weight is 207 g/mol. The standard InChI is InChI=1S/C12H17NO2/c1-4-6-10(13)9-7-5-8-11(14-2)12(9)15-3/h4-5,7-8,10H,1,6,13H2,2-3H3/t10-/m1/s1. The zero-order chi connectivity index (χ0) is 11.3. The minimum absolute atomic E-state index is 0.104. The molecule has 1 aromatic rings. The molecule has 0 heterocycles. The van der Waals surface area contributed by atoms with Crippen molar-refractivity contribution in [2.24, 2.45) is 5.73 Å². The zero-order valence-electron chi connectivity index (χ0n) is 9.19. The van der Waals surface area contributed by atoms with Crippen LogP contribution < -0.4 is 15.2 Å². The molecule has 0 spiro atoms. The van der Waals surface area contributed by atoms with Crippen LogP contribution in [0.15, 0.2) is 30.9 Å². The largest absolute Gasteiger partial charge is 0.493 e. The first-order valence-electron chi connectivity index (χ1n) is 4.82. The molecular weight excluding hydrogens is 190 g/mol. The summed E-state index contributed by atoms with van der Waals surface area (Å²) in [4.78, 5) is 0. The first-order chi connectivity index (χ1) is 7.24. The number of hydrogen-bond donors (Lipinski definition) is 1. The number of methoxy groups -OCH3 is 2. The SMILES string of the molecule is C=CC[C@@H](N)c1cccc(OC)c1OC. The van der Waals surface area contributed by atoms with Crippen LogP contribution in [-0.4, -0.2) is 14.2 Å². The normalized spacial score (nSPS) is 11.9. The van der Waals surface area contributed by atoms with Gasteiger partial charge in [-0.2, -0.15) is 0 Å². The third kappa shape index (κ3) is 2.50. The van der Waals surface area contributed by atoms with Gasteiger partial charge in [0.25, 0.3) is 0 Å². The van der Waals surface area contributed by atoms with E-state index < -0.39 is 0 Å². The predicted octanol–water partition coefficient (Wildman–Crippen LogP) is 2.28. The average Bonchev–Trinajstić information content (AvgIpc) is 2.28. The van der Waals surface area contributed by atoms with Gasteiger partial charge in [0.05, 0.1) is 14.2 Å². The van der Waals surface area contributed by atoms with E-state index in [9.17, 15) is 0 Å². The van der Waals surface area contributed by atoms with Crippen molar-refractivity contribution in [2.75, 3.05) is 14.2 Å². The number of rotatable bonds is 5. The quantitative estimate of drug-likeness (QED) is 0.753. The first-order valence-corrected chi connectivity index (χ1v) is 4.82. The van der Waals surface area contributed by atoms with Gasteiger partial charge in [-0.1, -0.05) is 18.2 Å². The van der Waals surface area contributed by atoms with E-state index in [0.29, 0.717) is 17.9 Å². The second-order valence-corrected chi connectivity index (χ2v) is 3.21. The van der Waals surface area contributed by atoms with Crippen LogP contribution in [0.25, 0.3) is 0 Å². The maximum Gasteiger partial charge on any atom is 0.165 e. The molecule has 1 rings (SSSR count). The molecule has 0 bridgehead atoms. The Hall–Kier alpha value is -1.48. The van der Waals surface area contributed by atoms with Crippen LogP contribution in [0.4, 0.5) is 0 Å². The van der Waals surface area contributed by atoms with Crippen molar-refractivity contribution >= 4 is 0 Å². The van der Waals surface area contributed by atoms with E-state index in [0.717, 1.165) is 5.56 Å². The van der Waals surface area contributed by atoms with Crippen LogP contribution in [0.2, 0.25) is 0 Å². The van der Waals surface area contributed by atoms with Gasteiger partial charge in [0.15, 0.2) is 11.5 Å². The molecule has 0 unspecified atom stereocenters. The first kappa shape index (κ1) is 11.6. The molecule has 3 nitrogen and oxygen atoms in total. The summed E-state index contributed by atoms with van der Waals surface area (Å²) in [5.41, 5.74) is 6.94. The lowest BCUT2D eigenvalue weighted by Crippen LogP contribution is -2.11. The highest BCUT2D eigenvalue weighted by molar-refractivity contribution is 5.48. The summed E-state index contributed by atoms with van der Waals surface area (Å²) in [5, 5.41) is 0. The third-order valence-corrected chi connectivity index (χ3v) is 2.25. The van der Waals surface area contributed by atoms with Crippen LogP contribution >= 0.6 is 0 Å².